The lowest BCUT2D eigenvalue weighted by atomic mass is 10.1. The van der Waals surface area contributed by atoms with Crippen LogP contribution in [-0.2, 0) is 17.8 Å². The summed E-state index contributed by atoms with van der Waals surface area (Å²) in [7, 11) is 3.01. The molecule has 0 amide bonds. The lowest BCUT2D eigenvalue weighted by molar-refractivity contribution is -0.136. The fraction of sp³-hybridized carbons (Fsp3) is 0.333. The molecule has 112 valence electrons. The summed E-state index contributed by atoms with van der Waals surface area (Å²) in [5.74, 6) is 0.0176. The predicted molar refractivity (Wildman–Crippen MR) is 78.3 cm³/mol. The molecule has 2 rings (SSSR count). The summed E-state index contributed by atoms with van der Waals surface area (Å²) in [6.07, 6.45) is -0.214. The summed E-state index contributed by atoms with van der Waals surface area (Å²) in [6, 6.07) is 4.67. The van der Waals surface area contributed by atoms with Gasteiger partial charge in [0.2, 0.25) is 0 Å². The first kappa shape index (κ1) is 14.9. The van der Waals surface area contributed by atoms with Crippen LogP contribution in [-0.4, -0.2) is 29.9 Å². The number of fused-ring (bicyclic) bond motifs is 1. The lowest BCUT2D eigenvalue weighted by Crippen LogP contribution is -2.17. The zero-order chi connectivity index (χ0) is 15.6. The van der Waals surface area contributed by atoms with Crippen LogP contribution in [0.15, 0.2) is 23.0 Å². The van der Waals surface area contributed by atoms with E-state index in [0.29, 0.717) is 34.6 Å². The Morgan fingerprint density at radius 2 is 1.95 bits per heavy atom. The maximum atomic E-state index is 12.3. The standard InChI is InChI=1S/C15H17NO5/c1-4-16-9(6-14(18)19)5-12(17)11-7-10(20-2)8-13(21-3)15(11)16/h5,7-8H,4,6H2,1-3H3,(H,18,19). The van der Waals surface area contributed by atoms with Gasteiger partial charge in [-0.3, -0.25) is 9.59 Å². The Hall–Kier alpha value is -2.50. The van der Waals surface area contributed by atoms with Gasteiger partial charge in [-0.25, -0.2) is 0 Å². The Labute approximate surface area is 121 Å². The van der Waals surface area contributed by atoms with Crippen molar-refractivity contribution >= 4 is 16.9 Å². The Kier molecular flexibility index (Phi) is 4.16. The summed E-state index contributed by atoms with van der Waals surface area (Å²) < 4.78 is 12.3. The summed E-state index contributed by atoms with van der Waals surface area (Å²) >= 11 is 0. The number of methoxy groups -OCH3 is 2. The third-order valence-corrected chi connectivity index (χ3v) is 3.33. The van der Waals surface area contributed by atoms with Gasteiger partial charge in [-0.2, -0.15) is 0 Å². The largest absolute Gasteiger partial charge is 0.497 e. The Bertz CT molecular complexity index is 748. The molecule has 6 nitrogen and oxygen atoms in total. The number of carbonyl (C=O) groups is 1. The molecular formula is C15H17NO5. The zero-order valence-electron chi connectivity index (χ0n) is 12.2. The molecule has 0 bridgehead atoms. The van der Waals surface area contributed by atoms with Crippen LogP contribution in [0.5, 0.6) is 11.5 Å². The molecule has 0 radical (unpaired) electrons. The van der Waals surface area contributed by atoms with Crippen molar-refractivity contribution in [1.82, 2.24) is 4.57 Å². The van der Waals surface area contributed by atoms with Crippen LogP contribution in [0, 0.1) is 0 Å². The molecule has 0 atom stereocenters. The molecule has 0 spiro atoms. The van der Waals surface area contributed by atoms with Crippen LogP contribution in [0.4, 0.5) is 0 Å². The number of pyridine rings is 1. The third-order valence-electron chi connectivity index (χ3n) is 3.33. The van der Waals surface area contributed by atoms with Gasteiger partial charge >= 0.3 is 5.97 Å². The van der Waals surface area contributed by atoms with Gasteiger partial charge in [0.05, 0.1) is 31.5 Å². The van der Waals surface area contributed by atoms with Gasteiger partial charge in [-0.15, -0.1) is 0 Å². The van der Waals surface area contributed by atoms with E-state index in [9.17, 15) is 9.59 Å². The van der Waals surface area contributed by atoms with Gasteiger partial charge in [0, 0.05) is 24.4 Å². The van der Waals surface area contributed by atoms with E-state index in [1.807, 2.05) is 6.92 Å². The van der Waals surface area contributed by atoms with Crippen molar-refractivity contribution in [2.24, 2.45) is 0 Å². The first-order chi connectivity index (χ1) is 10.0. The fourth-order valence-corrected chi connectivity index (χ4v) is 2.44. The molecule has 6 heteroatoms. The smallest absolute Gasteiger partial charge is 0.309 e. The van der Waals surface area contributed by atoms with E-state index in [2.05, 4.69) is 0 Å². The van der Waals surface area contributed by atoms with Crippen LogP contribution in [0.25, 0.3) is 10.9 Å². The SMILES string of the molecule is CCn1c(CC(=O)O)cc(=O)c2cc(OC)cc(OC)c21. The van der Waals surface area contributed by atoms with Crippen molar-refractivity contribution in [3.8, 4) is 11.5 Å². The van der Waals surface area contributed by atoms with E-state index < -0.39 is 5.97 Å². The number of carboxylic acid groups (broad SMARTS) is 1. The molecule has 0 unspecified atom stereocenters. The summed E-state index contributed by atoms with van der Waals surface area (Å²) in [5, 5.41) is 9.44. The van der Waals surface area contributed by atoms with Crippen molar-refractivity contribution in [3.63, 3.8) is 0 Å². The van der Waals surface area contributed by atoms with Crippen molar-refractivity contribution in [3.05, 3.63) is 34.1 Å². The molecule has 0 saturated carbocycles. The quantitative estimate of drug-likeness (QED) is 0.906. The summed E-state index contributed by atoms with van der Waals surface area (Å²) in [6.45, 7) is 2.42. The zero-order valence-corrected chi connectivity index (χ0v) is 12.2. The average Bonchev–Trinajstić information content (AvgIpc) is 2.46. The van der Waals surface area contributed by atoms with E-state index in [1.165, 1.54) is 20.3 Å². The molecule has 1 aromatic carbocycles. The number of benzene rings is 1. The normalized spacial score (nSPS) is 10.6. The second kappa shape index (κ2) is 5.87. The fourth-order valence-electron chi connectivity index (χ4n) is 2.44. The molecule has 0 fully saturated rings. The molecule has 2 aromatic rings. The predicted octanol–water partition coefficient (Wildman–Crippen LogP) is 1.67. The number of carboxylic acids is 1. The highest BCUT2D eigenvalue weighted by Gasteiger charge is 2.16. The second-order valence-electron chi connectivity index (χ2n) is 4.54. The van der Waals surface area contributed by atoms with Crippen molar-refractivity contribution in [2.75, 3.05) is 14.2 Å². The minimum Gasteiger partial charge on any atom is -0.497 e. The molecule has 1 aromatic heterocycles. The van der Waals surface area contributed by atoms with Crippen LogP contribution < -0.4 is 14.9 Å². The summed E-state index contributed by atoms with van der Waals surface area (Å²) in [5.41, 5.74) is 0.790. The van der Waals surface area contributed by atoms with Gasteiger partial charge in [0.1, 0.15) is 11.5 Å². The maximum Gasteiger partial charge on any atom is 0.309 e. The first-order valence-electron chi connectivity index (χ1n) is 6.52. The van der Waals surface area contributed by atoms with Crippen molar-refractivity contribution < 1.29 is 19.4 Å². The number of aromatic nitrogens is 1. The number of hydrogen-bond donors (Lipinski definition) is 1. The van der Waals surface area contributed by atoms with Crippen LogP contribution in [0.1, 0.15) is 12.6 Å². The molecule has 0 aliphatic carbocycles. The van der Waals surface area contributed by atoms with Crippen LogP contribution in [0.3, 0.4) is 0 Å². The third kappa shape index (κ3) is 2.69. The minimum atomic E-state index is -0.983. The molecule has 1 N–H and O–H groups in total. The van der Waals surface area contributed by atoms with E-state index in [-0.39, 0.29) is 11.8 Å². The maximum absolute atomic E-state index is 12.3. The highest BCUT2D eigenvalue weighted by Crippen LogP contribution is 2.30. The van der Waals surface area contributed by atoms with Gasteiger partial charge in [-0.1, -0.05) is 0 Å². The van der Waals surface area contributed by atoms with Gasteiger partial charge < -0.3 is 19.1 Å². The van der Waals surface area contributed by atoms with Crippen molar-refractivity contribution in [1.29, 1.82) is 0 Å². The van der Waals surface area contributed by atoms with Crippen LogP contribution >= 0.6 is 0 Å². The van der Waals surface area contributed by atoms with E-state index in [0.717, 1.165) is 0 Å². The van der Waals surface area contributed by atoms with Gasteiger partial charge in [0.15, 0.2) is 5.43 Å². The Morgan fingerprint density at radius 3 is 2.48 bits per heavy atom. The van der Waals surface area contributed by atoms with Crippen LogP contribution in [0.2, 0.25) is 0 Å². The topological polar surface area (TPSA) is 77.8 Å². The molecule has 0 aliphatic rings. The monoisotopic (exact) mass is 291 g/mol. The van der Waals surface area contributed by atoms with E-state index >= 15 is 0 Å². The van der Waals surface area contributed by atoms with Gasteiger partial charge in [0.25, 0.3) is 0 Å². The van der Waals surface area contributed by atoms with Gasteiger partial charge in [-0.05, 0) is 13.0 Å². The lowest BCUT2D eigenvalue weighted by Gasteiger charge is -2.17. The summed E-state index contributed by atoms with van der Waals surface area (Å²) in [4.78, 5) is 23.2. The number of nitrogens with zero attached hydrogens (tertiary/aromatic N) is 1. The van der Waals surface area contributed by atoms with Crippen molar-refractivity contribution in [2.45, 2.75) is 19.9 Å². The molecule has 21 heavy (non-hydrogen) atoms. The average molecular weight is 291 g/mol. The number of aryl methyl sites for hydroxylation is 1. The second-order valence-corrected chi connectivity index (χ2v) is 4.54. The Morgan fingerprint density at radius 1 is 1.24 bits per heavy atom. The highest BCUT2D eigenvalue weighted by molar-refractivity contribution is 5.87. The molecule has 0 aliphatic heterocycles. The minimum absolute atomic E-state index is 0.214. The van der Waals surface area contributed by atoms with E-state index in [4.69, 9.17) is 14.6 Å². The highest BCUT2D eigenvalue weighted by atomic mass is 16.5. The first-order valence-corrected chi connectivity index (χ1v) is 6.52. The van der Waals surface area contributed by atoms with E-state index in [1.54, 1.807) is 16.7 Å². The molecular weight excluding hydrogens is 274 g/mol. The molecule has 0 saturated heterocycles. The Balaban J connectivity index is 2.89. The number of ether oxygens (including phenoxy) is 2. The molecule has 1 heterocycles. The number of aliphatic carboxylic acids is 1. The number of hydrogen-bond acceptors (Lipinski definition) is 4. The number of rotatable bonds is 5.